The maximum atomic E-state index is 12.6. The molecule has 24 heavy (non-hydrogen) atoms. The number of carbonyl (C=O) groups excluding carboxylic acids is 1. The van der Waals surface area contributed by atoms with Gasteiger partial charge in [0, 0.05) is 18.8 Å². The number of carbonyl (C=O) groups is 1. The zero-order valence-electron chi connectivity index (χ0n) is 13.3. The lowest BCUT2D eigenvalue weighted by molar-refractivity contribution is 0.0935. The number of aromatic nitrogens is 2. The molecule has 0 bridgehead atoms. The van der Waals surface area contributed by atoms with Crippen LogP contribution in [0.4, 0.5) is 0 Å². The second-order valence-electron chi connectivity index (χ2n) is 5.54. The van der Waals surface area contributed by atoms with Gasteiger partial charge in [-0.1, -0.05) is 24.3 Å². The lowest BCUT2D eigenvalue weighted by Crippen LogP contribution is -2.33. The number of amides is 1. The van der Waals surface area contributed by atoms with Gasteiger partial charge in [-0.15, -0.1) is 11.3 Å². The fourth-order valence-electron chi connectivity index (χ4n) is 2.42. The summed E-state index contributed by atoms with van der Waals surface area (Å²) >= 11 is 1.55. The van der Waals surface area contributed by atoms with Crippen molar-refractivity contribution in [1.29, 1.82) is 0 Å². The van der Waals surface area contributed by atoms with Crippen LogP contribution in [-0.4, -0.2) is 33.4 Å². The van der Waals surface area contributed by atoms with Crippen LogP contribution in [0.25, 0.3) is 16.3 Å². The third-order valence-corrected chi connectivity index (χ3v) is 4.55. The monoisotopic (exact) mass is 341 g/mol. The number of rotatable bonds is 6. The molecule has 0 fully saturated rings. The molecule has 1 amide bonds. The molecule has 0 aliphatic carbocycles. The molecule has 124 valence electrons. The summed E-state index contributed by atoms with van der Waals surface area (Å²) in [6, 6.07) is 13.5. The molecule has 0 radical (unpaired) electrons. The number of thiophene rings is 1. The Hall–Kier alpha value is -2.44. The fourth-order valence-corrected chi connectivity index (χ4v) is 3.14. The van der Waals surface area contributed by atoms with Crippen molar-refractivity contribution >= 4 is 17.2 Å². The Bertz CT molecular complexity index is 797. The van der Waals surface area contributed by atoms with Gasteiger partial charge >= 0.3 is 0 Å². The van der Waals surface area contributed by atoms with Crippen molar-refractivity contribution < 1.29 is 9.90 Å². The highest BCUT2D eigenvalue weighted by atomic mass is 32.1. The van der Waals surface area contributed by atoms with Crippen molar-refractivity contribution in [2.24, 2.45) is 0 Å². The summed E-state index contributed by atoms with van der Waals surface area (Å²) in [7, 11) is 0. The van der Waals surface area contributed by atoms with Gasteiger partial charge in [-0.05, 0) is 36.9 Å². The Labute approximate surface area is 144 Å². The van der Waals surface area contributed by atoms with E-state index in [0.29, 0.717) is 17.7 Å². The molecule has 0 aliphatic rings. The van der Waals surface area contributed by atoms with E-state index in [9.17, 15) is 4.79 Å². The third-order valence-electron chi connectivity index (χ3n) is 3.67. The van der Waals surface area contributed by atoms with Gasteiger partial charge in [-0.2, -0.15) is 5.10 Å². The Morgan fingerprint density at radius 3 is 2.75 bits per heavy atom. The minimum atomic E-state index is -0.179. The van der Waals surface area contributed by atoms with Crippen LogP contribution < -0.4 is 5.32 Å². The van der Waals surface area contributed by atoms with Gasteiger partial charge in [0.1, 0.15) is 5.69 Å². The molecule has 0 saturated heterocycles. The van der Waals surface area contributed by atoms with Gasteiger partial charge in [0.25, 0.3) is 5.91 Å². The van der Waals surface area contributed by atoms with Gasteiger partial charge in [0.05, 0.1) is 16.1 Å². The first-order chi connectivity index (χ1) is 11.7. The number of aliphatic hydroxyl groups excluding tert-OH is 1. The van der Waals surface area contributed by atoms with Crippen molar-refractivity contribution in [2.75, 3.05) is 6.61 Å². The first-order valence-corrected chi connectivity index (χ1v) is 8.67. The zero-order chi connectivity index (χ0) is 16.9. The number of nitrogens with zero attached hydrogens (tertiary/aromatic N) is 2. The standard InChI is InChI=1S/C18H19N3O2S/c1-13(9-10-22)19-18(23)15-12-21(14-6-3-2-4-7-14)20-17(15)16-8-5-11-24-16/h2-8,11-13,22H,9-10H2,1H3,(H,19,23)/t13-/m1/s1. The smallest absolute Gasteiger partial charge is 0.255 e. The Morgan fingerprint density at radius 2 is 2.08 bits per heavy atom. The van der Waals surface area contributed by atoms with Crippen molar-refractivity contribution in [3.05, 3.63) is 59.6 Å². The van der Waals surface area contributed by atoms with Crippen molar-refractivity contribution in [1.82, 2.24) is 15.1 Å². The van der Waals surface area contributed by atoms with Crippen LogP contribution in [-0.2, 0) is 0 Å². The number of hydrogen-bond donors (Lipinski definition) is 2. The first kappa shape index (κ1) is 16.4. The summed E-state index contributed by atoms with van der Waals surface area (Å²) < 4.78 is 1.72. The molecule has 3 aromatic rings. The quantitative estimate of drug-likeness (QED) is 0.724. The number of para-hydroxylation sites is 1. The highest BCUT2D eigenvalue weighted by Crippen LogP contribution is 2.27. The molecule has 2 heterocycles. The van der Waals surface area contributed by atoms with E-state index in [1.807, 2.05) is 54.8 Å². The van der Waals surface area contributed by atoms with Crippen molar-refractivity contribution in [3.8, 4) is 16.3 Å². The Kier molecular flexibility index (Phi) is 5.08. The summed E-state index contributed by atoms with van der Waals surface area (Å²) in [6.07, 6.45) is 2.28. The fraction of sp³-hybridized carbons (Fsp3) is 0.222. The van der Waals surface area contributed by atoms with E-state index in [2.05, 4.69) is 10.4 Å². The lowest BCUT2D eigenvalue weighted by atomic mass is 10.2. The minimum absolute atomic E-state index is 0.0442. The highest BCUT2D eigenvalue weighted by molar-refractivity contribution is 7.13. The molecule has 0 unspecified atom stereocenters. The lowest BCUT2D eigenvalue weighted by Gasteiger charge is -2.11. The largest absolute Gasteiger partial charge is 0.396 e. The van der Waals surface area contributed by atoms with Crippen LogP contribution in [0.5, 0.6) is 0 Å². The summed E-state index contributed by atoms with van der Waals surface area (Å²) in [6.45, 7) is 1.92. The maximum Gasteiger partial charge on any atom is 0.255 e. The van der Waals surface area contributed by atoms with Crippen molar-refractivity contribution in [2.45, 2.75) is 19.4 Å². The second kappa shape index (κ2) is 7.42. The molecule has 6 heteroatoms. The Morgan fingerprint density at radius 1 is 1.29 bits per heavy atom. The van der Waals surface area contributed by atoms with Crippen LogP contribution in [0.15, 0.2) is 54.0 Å². The zero-order valence-corrected chi connectivity index (χ0v) is 14.2. The molecule has 2 N–H and O–H groups in total. The van der Waals surface area contributed by atoms with Gasteiger partial charge < -0.3 is 10.4 Å². The summed E-state index contributed by atoms with van der Waals surface area (Å²) in [4.78, 5) is 13.6. The molecule has 3 rings (SSSR count). The average molecular weight is 341 g/mol. The van der Waals surface area contributed by atoms with Gasteiger partial charge in [-0.25, -0.2) is 4.68 Å². The summed E-state index contributed by atoms with van der Waals surface area (Å²) in [5.41, 5.74) is 2.10. The van der Waals surface area contributed by atoms with E-state index in [1.165, 1.54) is 0 Å². The van der Waals surface area contributed by atoms with Crippen LogP contribution in [0.2, 0.25) is 0 Å². The van der Waals surface area contributed by atoms with E-state index >= 15 is 0 Å². The SMILES string of the molecule is C[C@H](CCO)NC(=O)c1cn(-c2ccccc2)nc1-c1cccs1. The number of nitrogens with one attached hydrogen (secondary N) is 1. The molecular formula is C18H19N3O2S. The third kappa shape index (κ3) is 3.55. The van der Waals surface area contributed by atoms with Crippen molar-refractivity contribution in [3.63, 3.8) is 0 Å². The maximum absolute atomic E-state index is 12.6. The van der Waals surface area contributed by atoms with E-state index < -0.39 is 0 Å². The summed E-state index contributed by atoms with van der Waals surface area (Å²) in [5, 5.41) is 18.5. The molecule has 1 aromatic carbocycles. The molecule has 2 aromatic heterocycles. The van der Waals surface area contributed by atoms with Crippen LogP contribution in [0.3, 0.4) is 0 Å². The minimum Gasteiger partial charge on any atom is -0.396 e. The predicted molar refractivity (Wildman–Crippen MR) is 95.5 cm³/mol. The number of benzene rings is 1. The predicted octanol–water partition coefficient (Wildman–Crippen LogP) is 3.10. The normalized spacial score (nSPS) is 12.1. The van der Waals surface area contributed by atoms with E-state index in [1.54, 1.807) is 22.2 Å². The second-order valence-corrected chi connectivity index (χ2v) is 6.48. The molecule has 5 nitrogen and oxygen atoms in total. The molecular weight excluding hydrogens is 322 g/mol. The van der Waals surface area contributed by atoms with Crippen LogP contribution >= 0.6 is 11.3 Å². The van der Waals surface area contributed by atoms with E-state index in [4.69, 9.17) is 5.11 Å². The average Bonchev–Trinajstić information content (AvgIpc) is 3.25. The molecule has 1 atom stereocenters. The topological polar surface area (TPSA) is 67.2 Å². The van der Waals surface area contributed by atoms with Crippen LogP contribution in [0, 0.1) is 0 Å². The number of hydrogen-bond acceptors (Lipinski definition) is 4. The first-order valence-electron chi connectivity index (χ1n) is 7.79. The van der Waals surface area contributed by atoms with E-state index in [0.717, 1.165) is 10.6 Å². The Balaban J connectivity index is 1.97. The van der Waals surface area contributed by atoms with Gasteiger partial charge in [-0.3, -0.25) is 4.79 Å². The summed E-state index contributed by atoms with van der Waals surface area (Å²) in [5.74, 6) is -0.179. The van der Waals surface area contributed by atoms with E-state index in [-0.39, 0.29) is 18.6 Å². The van der Waals surface area contributed by atoms with Gasteiger partial charge in [0.15, 0.2) is 0 Å². The molecule has 0 spiro atoms. The van der Waals surface area contributed by atoms with Gasteiger partial charge in [0.2, 0.25) is 0 Å². The molecule has 0 aliphatic heterocycles. The number of aliphatic hydroxyl groups is 1. The highest BCUT2D eigenvalue weighted by Gasteiger charge is 2.20. The molecule has 0 saturated carbocycles. The van der Waals surface area contributed by atoms with Crippen LogP contribution in [0.1, 0.15) is 23.7 Å².